The van der Waals surface area contributed by atoms with E-state index in [2.05, 4.69) is 60.7 Å². The molecule has 0 aliphatic rings. The summed E-state index contributed by atoms with van der Waals surface area (Å²) < 4.78 is 0. The Hall–Kier alpha value is -2.30. The molecule has 6 heterocycles. The van der Waals surface area contributed by atoms with Crippen molar-refractivity contribution < 1.29 is 54.0 Å². The van der Waals surface area contributed by atoms with Gasteiger partial charge in [-0.1, -0.05) is 24.3 Å². The maximum Gasteiger partial charge on any atom is 2.00 e. The molecular weight excluding hydrogens is 1180 g/mol. The molecule has 6 aromatic rings. The summed E-state index contributed by atoms with van der Waals surface area (Å²) in [5.74, 6) is 1.59. The van der Waals surface area contributed by atoms with E-state index in [0.29, 0.717) is 46.1 Å². The molecular formula is C24H16Cl4N12Pt3+6. The summed E-state index contributed by atoms with van der Waals surface area (Å²) in [5, 5.41) is 32.0. The molecule has 0 radical (unpaired) electrons. The predicted octanol–water partition coefficient (Wildman–Crippen LogP) is 5.53. The van der Waals surface area contributed by atoms with Crippen molar-refractivity contribution >= 4 is 37.7 Å². The molecule has 0 aliphatic carbocycles. The number of aromatic nitrogens is 12. The fourth-order valence-electron chi connectivity index (χ4n) is 2.85. The number of hydrogen-bond acceptors (Lipinski definition) is 12. The van der Waals surface area contributed by atoms with Crippen LogP contribution in [0.3, 0.4) is 0 Å². The molecule has 6 aromatic heterocycles. The molecule has 0 saturated carbocycles. The Morgan fingerprint density at radius 2 is 0.535 bits per heavy atom. The zero-order valence-electron chi connectivity index (χ0n) is 21.1. The van der Waals surface area contributed by atoms with Crippen LogP contribution in [0.2, 0.25) is 0 Å². The monoisotopic (exact) mass is 1200 g/mol. The van der Waals surface area contributed by atoms with Crippen LogP contribution in [0.15, 0.2) is 97.6 Å². The van der Waals surface area contributed by atoms with Crippen molar-refractivity contribution in [3.8, 4) is 46.1 Å². The smallest absolute Gasteiger partial charge is 0.253 e. The number of pyridine rings is 4. The average Bonchev–Trinajstić information content (AvgIpc) is 3.08. The molecule has 0 fully saturated rings. The van der Waals surface area contributed by atoms with E-state index in [-0.39, 0.29) is 21.1 Å². The minimum absolute atomic E-state index is 0. The molecule has 0 aromatic carbocycles. The Labute approximate surface area is 293 Å². The summed E-state index contributed by atoms with van der Waals surface area (Å²) in [5.41, 5.74) is 2.57. The summed E-state index contributed by atoms with van der Waals surface area (Å²) in [7, 11) is 19.5. The van der Waals surface area contributed by atoms with Gasteiger partial charge in [-0.25, -0.2) is 0 Å². The van der Waals surface area contributed by atoms with E-state index in [9.17, 15) is 0 Å². The first-order valence-electron chi connectivity index (χ1n) is 11.1. The number of halogens is 4. The topological polar surface area (TPSA) is 155 Å². The largest absolute Gasteiger partial charge is 2.00 e. The van der Waals surface area contributed by atoms with Crippen LogP contribution in [0.25, 0.3) is 46.1 Å². The van der Waals surface area contributed by atoms with E-state index in [0.717, 1.165) is 0 Å². The van der Waals surface area contributed by atoms with E-state index in [1.807, 2.05) is 48.5 Å². The van der Waals surface area contributed by atoms with Crippen molar-refractivity contribution in [2.24, 2.45) is 0 Å². The molecule has 0 bridgehead atoms. The molecule has 0 aliphatic heterocycles. The second kappa shape index (κ2) is 22.2. The molecule has 0 spiro atoms. The molecule has 6 rings (SSSR count). The van der Waals surface area contributed by atoms with E-state index >= 15 is 0 Å². The molecule has 224 valence electrons. The maximum atomic E-state index is 4.88. The van der Waals surface area contributed by atoms with Gasteiger partial charge in [-0.05, 0) is 48.5 Å². The molecule has 0 amide bonds. The van der Waals surface area contributed by atoms with Crippen molar-refractivity contribution in [2.75, 3.05) is 0 Å². The van der Waals surface area contributed by atoms with E-state index in [1.54, 1.807) is 49.1 Å². The van der Waals surface area contributed by atoms with Crippen LogP contribution >= 0.6 is 37.7 Å². The molecule has 0 saturated heterocycles. The van der Waals surface area contributed by atoms with Gasteiger partial charge in [0.2, 0.25) is 23.3 Å². The second-order valence-corrected chi connectivity index (χ2v) is 13.6. The van der Waals surface area contributed by atoms with E-state index < -0.39 is 33.0 Å². The van der Waals surface area contributed by atoms with Gasteiger partial charge in [0.05, 0.1) is 0 Å². The normalized spacial score (nSPS) is 9.58. The summed E-state index contributed by atoms with van der Waals surface area (Å²) in [4.78, 5) is 16.5. The van der Waals surface area contributed by atoms with Crippen molar-refractivity contribution in [2.45, 2.75) is 0 Å². The first kappa shape index (κ1) is 36.9. The summed E-state index contributed by atoms with van der Waals surface area (Å²) in [6.45, 7) is 0. The van der Waals surface area contributed by atoms with Crippen LogP contribution in [-0.2, 0) is 54.0 Å². The number of hydrogen-bond donors (Lipinski definition) is 0. The van der Waals surface area contributed by atoms with Crippen LogP contribution in [-0.4, -0.2) is 60.7 Å². The Bertz CT molecular complexity index is 1310. The Kier molecular flexibility index (Phi) is 19.1. The van der Waals surface area contributed by atoms with Crippen LogP contribution in [0, 0.1) is 0 Å². The minimum atomic E-state index is -0.472. The first-order chi connectivity index (χ1) is 20.7. The zero-order valence-corrected chi connectivity index (χ0v) is 30.9. The van der Waals surface area contributed by atoms with Crippen molar-refractivity contribution in [3.05, 3.63) is 97.6 Å². The van der Waals surface area contributed by atoms with Crippen LogP contribution in [0.1, 0.15) is 0 Å². The predicted molar refractivity (Wildman–Crippen MR) is 152 cm³/mol. The van der Waals surface area contributed by atoms with Crippen LogP contribution in [0.5, 0.6) is 0 Å². The van der Waals surface area contributed by atoms with Gasteiger partial charge in [0.1, 0.15) is 22.8 Å². The summed E-state index contributed by atoms with van der Waals surface area (Å²) >= 11 is -0.944. The molecule has 43 heavy (non-hydrogen) atoms. The quantitative estimate of drug-likeness (QED) is 0.218. The second-order valence-electron chi connectivity index (χ2n) is 7.04. The third-order valence-corrected chi connectivity index (χ3v) is 4.53. The zero-order chi connectivity index (χ0) is 29.8. The van der Waals surface area contributed by atoms with Gasteiger partial charge in [0, 0.05) is 24.8 Å². The molecule has 0 atom stereocenters. The summed E-state index contributed by atoms with van der Waals surface area (Å²) in [6, 6.07) is 22.0. The summed E-state index contributed by atoms with van der Waals surface area (Å²) in [6.07, 6.45) is 6.69. The number of rotatable bonds is 4. The van der Waals surface area contributed by atoms with Gasteiger partial charge in [-0.15, -0.1) is 40.8 Å². The Balaban J connectivity index is 0.000000249. The SMILES string of the molecule is [Cl][Pt+2][Cl].[Cl][Pt+2][Cl].[Pt+2].c1ccc(-c2nnc(-c3ccccn3)nn2)nc1.c1ccc(-c2nnc(-c3ccccn3)nn2)nc1. The van der Waals surface area contributed by atoms with Crippen molar-refractivity contribution in [1.82, 2.24) is 60.7 Å². The Morgan fingerprint density at radius 3 is 0.674 bits per heavy atom. The fourth-order valence-corrected chi connectivity index (χ4v) is 2.85. The van der Waals surface area contributed by atoms with E-state index in [4.69, 9.17) is 37.7 Å². The van der Waals surface area contributed by atoms with Crippen molar-refractivity contribution in [3.63, 3.8) is 0 Å². The Morgan fingerprint density at radius 1 is 0.349 bits per heavy atom. The fraction of sp³-hybridized carbons (Fsp3) is 0. The standard InChI is InChI=1S/2C12H8N6.4ClH.3Pt/c2*1-3-7-13-9(5-1)11-15-17-12(18-16-11)10-6-2-4-8-14-10;;;;;;;/h2*1-8H;4*1H;;;/q;;;;;;+2;2*+4/p-4. The van der Waals surface area contributed by atoms with Gasteiger partial charge in [0.25, 0.3) is 0 Å². The maximum absolute atomic E-state index is 4.88. The first-order valence-corrected chi connectivity index (χ1v) is 22.4. The van der Waals surface area contributed by atoms with E-state index in [1.165, 1.54) is 0 Å². The molecule has 19 heteroatoms. The number of nitrogens with zero attached hydrogens (tertiary/aromatic N) is 12. The minimum Gasteiger partial charge on any atom is -0.253 e. The van der Waals surface area contributed by atoms with Crippen molar-refractivity contribution in [1.29, 1.82) is 0 Å². The van der Waals surface area contributed by atoms with Crippen LogP contribution < -0.4 is 0 Å². The molecule has 0 N–H and O–H groups in total. The van der Waals surface area contributed by atoms with Gasteiger partial charge in [0.15, 0.2) is 0 Å². The molecule has 0 unspecified atom stereocenters. The average molecular weight is 1200 g/mol. The van der Waals surface area contributed by atoms with Gasteiger partial charge < -0.3 is 0 Å². The third-order valence-electron chi connectivity index (χ3n) is 4.53. The van der Waals surface area contributed by atoms with Crippen LogP contribution in [0.4, 0.5) is 0 Å². The van der Waals surface area contributed by atoms with Gasteiger partial charge in [-0.3, -0.25) is 19.9 Å². The van der Waals surface area contributed by atoms with Gasteiger partial charge >= 0.3 is 91.7 Å². The van der Waals surface area contributed by atoms with Gasteiger partial charge in [-0.2, -0.15) is 0 Å². The third kappa shape index (κ3) is 13.1. The molecule has 12 nitrogen and oxygen atoms in total.